The van der Waals surface area contributed by atoms with Crippen molar-refractivity contribution < 1.29 is 9.53 Å². The summed E-state index contributed by atoms with van der Waals surface area (Å²) in [7, 11) is 1.90. The third-order valence-electron chi connectivity index (χ3n) is 3.71. The van der Waals surface area contributed by atoms with Crippen LogP contribution in [0.3, 0.4) is 0 Å². The van der Waals surface area contributed by atoms with E-state index in [9.17, 15) is 4.79 Å². The summed E-state index contributed by atoms with van der Waals surface area (Å²) in [6.07, 6.45) is 3.18. The molecule has 2 N–H and O–H groups in total. The van der Waals surface area contributed by atoms with Crippen LogP contribution in [0.4, 0.5) is 5.69 Å². The van der Waals surface area contributed by atoms with Gasteiger partial charge in [0, 0.05) is 38.4 Å². The molecule has 0 atom stereocenters. The van der Waals surface area contributed by atoms with Crippen LogP contribution in [0.15, 0.2) is 24.3 Å². The molecular formula is C15H22N2O2. The highest BCUT2D eigenvalue weighted by molar-refractivity contribution is 5.76. The van der Waals surface area contributed by atoms with Crippen molar-refractivity contribution in [1.82, 2.24) is 4.90 Å². The fourth-order valence-corrected chi connectivity index (χ4v) is 2.45. The van der Waals surface area contributed by atoms with Gasteiger partial charge in [-0.2, -0.15) is 0 Å². The number of hydrogen-bond donors (Lipinski definition) is 1. The highest BCUT2D eigenvalue weighted by atomic mass is 16.5. The Morgan fingerprint density at radius 1 is 1.42 bits per heavy atom. The van der Waals surface area contributed by atoms with Crippen LogP contribution in [0, 0.1) is 0 Å². The fraction of sp³-hybridized carbons (Fsp3) is 0.533. The largest absolute Gasteiger partial charge is 0.399 e. The molecule has 0 bridgehead atoms. The van der Waals surface area contributed by atoms with Gasteiger partial charge in [-0.15, -0.1) is 0 Å². The normalized spacial score (nSPS) is 16.3. The average Bonchev–Trinajstić information content (AvgIpc) is 2.45. The first kappa shape index (κ1) is 13.9. The Hall–Kier alpha value is -1.55. The van der Waals surface area contributed by atoms with Gasteiger partial charge in [-0.05, 0) is 37.0 Å². The number of anilines is 1. The van der Waals surface area contributed by atoms with Crippen LogP contribution in [0.1, 0.15) is 24.8 Å². The Balaban J connectivity index is 1.83. The zero-order chi connectivity index (χ0) is 13.7. The van der Waals surface area contributed by atoms with E-state index in [1.165, 1.54) is 0 Å². The molecule has 1 saturated heterocycles. The fourth-order valence-electron chi connectivity index (χ4n) is 2.45. The lowest BCUT2D eigenvalue weighted by Crippen LogP contribution is -2.40. The van der Waals surface area contributed by atoms with Gasteiger partial charge in [0.1, 0.15) is 0 Å². The summed E-state index contributed by atoms with van der Waals surface area (Å²) in [4.78, 5) is 14.0. The third kappa shape index (κ3) is 3.96. The molecule has 0 spiro atoms. The van der Waals surface area contributed by atoms with Crippen molar-refractivity contribution in [3.05, 3.63) is 29.8 Å². The van der Waals surface area contributed by atoms with Gasteiger partial charge < -0.3 is 15.4 Å². The van der Waals surface area contributed by atoms with E-state index in [2.05, 4.69) is 0 Å². The van der Waals surface area contributed by atoms with Crippen LogP contribution in [0.2, 0.25) is 0 Å². The molecule has 4 nitrogen and oxygen atoms in total. The van der Waals surface area contributed by atoms with Crippen LogP contribution in [-0.2, 0) is 16.0 Å². The Bertz CT molecular complexity index is 428. The Kier molecular flexibility index (Phi) is 4.80. The van der Waals surface area contributed by atoms with E-state index in [4.69, 9.17) is 10.5 Å². The van der Waals surface area contributed by atoms with E-state index < -0.39 is 0 Å². The first-order valence-corrected chi connectivity index (χ1v) is 6.84. The minimum absolute atomic E-state index is 0.203. The lowest BCUT2D eigenvalue weighted by Gasteiger charge is -2.31. The molecule has 104 valence electrons. The van der Waals surface area contributed by atoms with E-state index in [-0.39, 0.29) is 5.91 Å². The molecule has 1 aromatic rings. The third-order valence-corrected chi connectivity index (χ3v) is 3.71. The number of aryl methyl sites for hydroxylation is 1. The molecule has 0 saturated carbocycles. The number of hydrogen-bond acceptors (Lipinski definition) is 3. The highest BCUT2D eigenvalue weighted by Crippen LogP contribution is 2.15. The molecule has 4 heteroatoms. The van der Waals surface area contributed by atoms with Crippen molar-refractivity contribution in [2.75, 3.05) is 26.0 Å². The molecule has 0 unspecified atom stereocenters. The molecule has 1 aliphatic heterocycles. The number of nitrogens with zero attached hydrogens (tertiary/aromatic N) is 1. The summed E-state index contributed by atoms with van der Waals surface area (Å²) >= 11 is 0. The zero-order valence-corrected chi connectivity index (χ0v) is 11.5. The minimum Gasteiger partial charge on any atom is -0.399 e. The Morgan fingerprint density at radius 3 is 2.84 bits per heavy atom. The first-order chi connectivity index (χ1) is 9.16. The Morgan fingerprint density at radius 2 is 2.16 bits per heavy atom. The molecule has 0 radical (unpaired) electrons. The van der Waals surface area contributed by atoms with Crippen molar-refractivity contribution in [2.45, 2.75) is 31.7 Å². The van der Waals surface area contributed by atoms with Crippen LogP contribution >= 0.6 is 0 Å². The van der Waals surface area contributed by atoms with E-state index in [1.54, 1.807) is 0 Å². The predicted octanol–water partition coefficient (Wildman–Crippen LogP) is 1.84. The van der Waals surface area contributed by atoms with Crippen molar-refractivity contribution >= 4 is 11.6 Å². The number of ether oxygens (including phenoxy) is 1. The standard InChI is InChI=1S/C15H22N2O2/c1-17(14-7-9-19-10-8-14)15(18)6-5-12-3-2-4-13(16)11-12/h2-4,11,14H,5-10,16H2,1H3. The van der Waals surface area contributed by atoms with Gasteiger partial charge in [0.05, 0.1) is 0 Å². The summed E-state index contributed by atoms with van der Waals surface area (Å²) < 4.78 is 5.32. The Labute approximate surface area is 114 Å². The van der Waals surface area contributed by atoms with Gasteiger partial charge in [-0.25, -0.2) is 0 Å². The number of nitrogens with two attached hydrogens (primary N) is 1. The van der Waals surface area contributed by atoms with Crippen LogP contribution in [0.5, 0.6) is 0 Å². The van der Waals surface area contributed by atoms with E-state index in [0.717, 1.165) is 43.7 Å². The maximum atomic E-state index is 12.2. The molecule has 1 amide bonds. The summed E-state index contributed by atoms with van der Waals surface area (Å²) in [6.45, 7) is 1.52. The summed E-state index contributed by atoms with van der Waals surface area (Å²) in [5, 5.41) is 0. The summed E-state index contributed by atoms with van der Waals surface area (Å²) in [5.74, 6) is 0.203. The molecule has 0 aromatic heterocycles. The van der Waals surface area contributed by atoms with Gasteiger partial charge in [0.15, 0.2) is 0 Å². The quantitative estimate of drug-likeness (QED) is 0.842. The molecule has 19 heavy (non-hydrogen) atoms. The van der Waals surface area contributed by atoms with E-state index in [1.807, 2.05) is 36.2 Å². The lowest BCUT2D eigenvalue weighted by molar-refractivity contribution is -0.133. The molecule has 1 aliphatic rings. The highest BCUT2D eigenvalue weighted by Gasteiger charge is 2.21. The van der Waals surface area contributed by atoms with E-state index >= 15 is 0 Å². The SMILES string of the molecule is CN(C(=O)CCc1cccc(N)c1)C1CCOCC1. The summed E-state index contributed by atoms with van der Waals surface area (Å²) in [5.41, 5.74) is 7.60. The monoisotopic (exact) mass is 262 g/mol. The van der Waals surface area contributed by atoms with E-state index in [0.29, 0.717) is 12.5 Å². The predicted molar refractivity (Wildman–Crippen MR) is 75.8 cm³/mol. The topological polar surface area (TPSA) is 55.6 Å². The maximum absolute atomic E-state index is 12.2. The van der Waals surface area contributed by atoms with Gasteiger partial charge in [0.2, 0.25) is 5.91 Å². The molecule has 1 fully saturated rings. The van der Waals surface area contributed by atoms with Crippen molar-refractivity contribution in [2.24, 2.45) is 0 Å². The number of amides is 1. The second kappa shape index (κ2) is 6.57. The summed E-state index contributed by atoms with van der Waals surface area (Å²) in [6, 6.07) is 8.07. The van der Waals surface area contributed by atoms with Gasteiger partial charge in [-0.1, -0.05) is 12.1 Å². The zero-order valence-electron chi connectivity index (χ0n) is 11.5. The van der Waals surface area contributed by atoms with Crippen molar-refractivity contribution in [3.63, 3.8) is 0 Å². The molecule has 1 heterocycles. The smallest absolute Gasteiger partial charge is 0.222 e. The van der Waals surface area contributed by atoms with Crippen LogP contribution in [0.25, 0.3) is 0 Å². The molecule has 2 rings (SSSR count). The average molecular weight is 262 g/mol. The number of rotatable bonds is 4. The van der Waals surface area contributed by atoms with Crippen LogP contribution < -0.4 is 5.73 Å². The number of carbonyl (C=O) groups is 1. The molecule has 1 aromatic carbocycles. The molecular weight excluding hydrogens is 240 g/mol. The maximum Gasteiger partial charge on any atom is 0.222 e. The van der Waals surface area contributed by atoms with Gasteiger partial charge >= 0.3 is 0 Å². The molecule has 0 aliphatic carbocycles. The van der Waals surface area contributed by atoms with Crippen LogP contribution in [-0.4, -0.2) is 37.1 Å². The first-order valence-electron chi connectivity index (χ1n) is 6.84. The second-order valence-electron chi connectivity index (χ2n) is 5.09. The number of nitrogen functional groups attached to an aromatic ring is 1. The number of carbonyl (C=O) groups excluding carboxylic acids is 1. The second-order valence-corrected chi connectivity index (χ2v) is 5.09. The lowest BCUT2D eigenvalue weighted by atomic mass is 10.1. The van der Waals surface area contributed by atoms with Crippen molar-refractivity contribution in [3.8, 4) is 0 Å². The van der Waals surface area contributed by atoms with Crippen molar-refractivity contribution in [1.29, 1.82) is 0 Å². The number of benzene rings is 1. The van der Waals surface area contributed by atoms with Gasteiger partial charge in [-0.3, -0.25) is 4.79 Å². The van der Waals surface area contributed by atoms with Gasteiger partial charge in [0.25, 0.3) is 0 Å². The minimum atomic E-state index is 0.203.